The number of rotatable bonds is 7. The molecule has 0 aromatic heterocycles. The van der Waals surface area contributed by atoms with Crippen molar-refractivity contribution in [2.24, 2.45) is 0 Å². The lowest BCUT2D eigenvalue weighted by molar-refractivity contribution is -0.382. The van der Waals surface area contributed by atoms with E-state index < -0.39 is 43.7 Å². The molecule has 1 heterocycles. The summed E-state index contributed by atoms with van der Waals surface area (Å²) in [5, 5.41) is -5.88. The van der Waals surface area contributed by atoms with Crippen LogP contribution in [0.3, 0.4) is 0 Å². The van der Waals surface area contributed by atoms with Crippen molar-refractivity contribution in [3.8, 4) is 0 Å². The smallest absolute Gasteiger partial charge is 0.211 e. The minimum absolute atomic E-state index is 0.0132. The Balaban J connectivity index is 2.16. The van der Waals surface area contributed by atoms with Gasteiger partial charge in [-0.15, -0.1) is 0 Å². The van der Waals surface area contributed by atoms with Crippen molar-refractivity contribution in [1.29, 1.82) is 0 Å². The van der Waals surface area contributed by atoms with Crippen molar-refractivity contribution < 1.29 is 51.6 Å². The second-order valence-electron chi connectivity index (χ2n) is 8.47. The molecule has 0 radical (unpaired) electrons. The molecule has 0 bridgehead atoms. The molecule has 3 nitrogen and oxygen atoms in total. The molecular formula is C21H21F9O3S2. The molecule has 0 saturated carbocycles. The quantitative estimate of drug-likeness (QED) is 0.330. The minimum atomic E-state index is -7.34. The average Bonchev–Trinajstić information content (AvgIpc) is 3.20. The molecule has 0 aliphatic carbocycles. The Hall–Kier alpha value is -1.67. The Labute approximate surface area is 197 Å². The van der Waals surface area contributed by atoms with Crippen molar-refractivity contribution in [3.63, 3.8) is 0 Å². The van der Waals surface area contributed by atoms with Gasteiger partial charge in [0.1, 0.15) is 0 Å². The number of alkyl halides is 9. The zero-order valence-electron chi connectivity index (χ0n) is 18.3. The van der Waals surface area contributed by atoms with E-state index in [1.807, 2.05) is 13.8 Å². The summed E-state index contributed by atoms with van der Waals surface area (Å²) < 4.78 is 150. The van der Waals surface area contributed by atoms with E-state index >= 15 is 0 Å². The first kappa shape index (κ1) is 27.9. The lowest BCUT2D eigenvalue weighted by Crippen LogP contribution is -2.63. The van der Waals surface area contributed by atoms with Gasteiger partial charge in [0.15, 0.2) is 0 Å². The first-order chi connectivity index (χ1) is 15.8. The molecule has 0 N–H and O–H groups in total. The Morgan fingerprint density at radius 1 is 0.800 bits per heavy atom. The fourth-order valence-electron chi connectivity index (χ4n) is 3.95. The van der Waals surface area contributed by atoms with Crippen LogP contribution in [0.2, 0.25) is 0 Å². The molecule has 0 unspecified atom stereocenters. The standard InChI is InChI=1S/C21H21F9O3S2/c1-13(2)14-9-10-17(16-8-4-3-7-15(14)16)34(11-5-6-12-34)33-35(31,32)21(29,30)19(24,25)18(22,23)20(26,27)28/h3-4,7-10,13H,5-6,11-12H2,1-2H3. The summed E-state index contributed by atoms with van der Waals surface area (Å²) in [7, 11) is -10.3. The van der Waals surface area contributed by atoms with E-state index in [4.69, 9.17) is 0 Å². The van der Waals surface area contributed by atoms with Gasteiger partial charge in [0.25, 0.3) is 0 Å². The third kappa shape index (κ3) is 4.28. The van der Waals surface area contributed by atoms with Gasteiger partial charge in [0.05, 0.1) is 0 Å². The Kier molecular flexibility index (Phi) is 6.95. The third-order valence-corrected chi connectivity index (χ3v) is 11.5. The fraction of sp³-hybridized carbons (Fsp3) is 0.524. The Morgan fingerprint density at radius 2 is 1.31 bits per heavy atom. The van der Waals surface area contributed by atoms with Gasteiger partial charge >= 0.3 is 33.4 Å². The molecule has 2 aromatic carbocycles. The highest BCUT2D eigenvalue weighted by atomic mass is 32.3. The van der Waals surface area contributed by atoms with Crippen LogP contribution in [-0.4, -0.2) is 43.2 Å². The summed E-state index contributed by atoms with van der Waals surface area (Å²) in [6.07, 6.45) is -6.66. The maximum Gasteiger partial charge on any atom is 0.460 e. The maximum atomic E-state index is 14.4. The van der Waals surface area contributed by atoms with Crippen molar-refractivity contribution >= 4 is 31.2 Å². The van der Waals surface area contributed by atoms with Crippen LogP contribution in [0.25, 0.3) is 10.8 Å². The van der Waals surface area contributed by atoms with E-state index in [2.05, 4.69) is 3.63 Å². The van der Waals surface area contributed by atoms with E-state index in [9.17, 15) is 47.9 Å². The lowest BCUT2D eigenvalue weighted by Gasteiger charge is -2.39. The summed E-state index contributed by atoms with van der Waals surface area (Å²) in [6, 6.07) is 9.46. The lowest BCUT2D eigenvalue weighted by atomic mass is 9.96. The van der Waals surface area contributed by atoms with Crippen LogP contribution in [0.5, 0.6) is 0 Å². The zero-order valence-corrected chi connectivity index (χ0v) is 19.9. The summed E-state index contributed by atoms with van der Waals surface area (Å²) in [5.41, 5.74) is 0.807. The maximum absolute atomic E-state index is 14.4. The van der Waals surface area contributed by atoms with Gasteiger partial charge in [-0.05, 0) is 41.2 Å². The topological polar surface area (TPSA) is 43.4 Å². The molecule has 198 valence electrons. The molecule has 1 saturated heterocycles. The van der Waals surface area contributed by atoms with Crippen molar-refractivity contribution in [3.05, 3.63) is 42.0 Å². The molecule has 1 aliphatic heterocycles. The Bertz CT molecular complexity index is 1200. The highest BCUT2D eigenvalue weighted by Crippen LogP contribution is 2.66. The van der Waals surface area contributed by atoms with Crippen LogP contribution in [-0.2, 0) is 13.7 Å². The van der Waals surface area contributed by atoms with Gasteiger partial charge in [-0.25, -0.2) is 3.63 Å². The van der Waals surface area contributed by atoms with Crippen molar-refractivity contribution in [2.75, 3.05) is 11.5 Å². The summed E-state index contributed by atoms with van der Waals surface area (Å²) in [5.74, 6) is -15.1. The molecule has 0 amide bonds. The zero-order chi connectivity index (χ0) is 26.7. The number of benzene rings is 2. The molecule has 0 atom stereocenters. The van der Waals surface area contributed by atoms with E-state index in [1.165, 1.54) is 6.07 Å². The summed E-state index contributed by atoms with van der Waals surface area (Å²) in [4.78, 5) is 0.111. The number of hydrogen-bond donors (Lipinski definition) is 0. The second-order valence-corrected chi connectivity index (χ2v) is 13.3. The van der Waals surface area contributed by atoms with Gasteiger partial charge in [-0.3, -0.25) is 0 Å². The van der Waals surface area contributed by atoms with Crippen molar-refractivity contribution in [1.82, 2.24) is 0 Å². The molecule has 14 heteroatoms. The molecule has 2 aromatic rings. The van der Waals surface area contributed by atoms with E-state index in [0.717, 1.165) is 5.56 Å². The minimum Gasteiger partial charge on any atom is -0.211 e. The van der Waals surface area contributed by atoms with Gasteiger partial charge < -0.3 is 0 Å². The first-order valence-corrected chi connectivity index (χ1v) is 13.6. The fourth-order valence-corrected chi connectivity index (χ4v) is 9.82. The molecular weight excluding hydrogens is 535 g/mol. The summed E-state index contributed by atoms with van der Waals surface area (Å²) >= 11 is 0. The van der Waals surface area contributed by atoms with Gasteiger partial charge in [-0.1, -0.05) is 54.5 Å². The van der Waals surface area contributed by atoms with Crippen LogP contribution in [0.15, 0.2) is 41.3 Å². The van der Waals surface area contributed by atoms with Crippen molar-refractivity contribution in [2.45, 2.75) is 60.8 Å². The predicted molar refractivity (Wildman–Crippen MR) is 114 cm³/mol. The van der Waals surface area contributed by atoms with E-state index in [1.54, 1.807) is 30.3 Å². The van der Waals surface area contributed by atoms with Crippen LogP contribution >= 0.6 is 10.3 Å². The number of hydrogen-bond acceptors (Lipinski definition) is 3. The van der Waals surface area contributed by atoms with Gasteiger partial charge in [0.2, 0.25) is 0 Å². The van der Waals surface area contributed by atoms with Crippen LogP contribution < -0.4 is 0 Å². The molecule has 1 aliphatic rings. The van der Waals surface area contributed by atoms with Crippen LogP contribution in [0, 0.1) is 0 Å². The van der Waals surface area contributed by atoms with Gasteiger partial charge in [-0.2, -0.15) is 47.9 Å². The first-order valence-electron chi connectivity index (χ1n) is 10.3. The van der Waals surface area contributed by atoms with E-state index in [-0.39, 0.29) is 35.2 Å². The molecule has 0 spiro atoms. The SMILES string of the molecule is CC(C)c1ccc(S2(OS(=O)(=O)C(F)(F)C(F)(F)C(F)(F)C(F)(F)F)CCCC2)c2ccccc12. The number of fused-ring (bicyclic) bond motifs is 1. The number of halogens is 9. The average molecular weight is 557 g/mol. The van der Waals surface area contributed by atoms with Gasteiger partial charge in [0, 0.05) is 16.4 Å². The predicted octanol–water partition coefficient (Wildman–Crippen LogP) is 7.61. The normalized spacial score (nSPS) is 18.9. The van der Waals surface area contributed by atoms with Crippen LogP contribution in [0.4, 0.5) is 39.5 Å². The third-order valence-electron chi connectivity index (χ3n) is 5.79. The highest BCUT2D eigenvalue weighted by molar-refractivity contribution is 8.33. The molecule has 35 heavy (non-hydrogen) atoms. The molecule has 3 rings (SSSR count). The highest BCUT2D eigenvalue weighted by Gasteiger charge is 2.86. The summed E-state index contributed by atoms with van der Waals surface area (Å²) in [6.45, 7) is 3.73. The van der Waals surface area contributed by atoms with E-state index in [0.29, 0.717) is 10.8 Å². The monoisotopic (exact) mass is 556 g/mol. The Morgan fingerprint density at radius 3 is 1.80 bits per heavy atom. The van der Waals surface area contributed by atoms with Crippen LogP contribution in [0.1, 0.15) is 38.2 Å². The largest absolute Gasteiger partial charge is 0.460 e. The molecule has 1 fully saturated rings. The second kappa shape index (κ2) is 8.72.